The van der Waals surface area contributed by atoms with Crippen molar-refractivity contribution >= 4 is 40.2 Å². The second kappa shape index (κ2) is 12.9. The van der Waals surface area contributed by atoms with Gasteiger partial charge in [0, 0.05) is 11.1 Å². The van der Waals surface area contributed by atoms with Gasteiger partial charge in [0.25, 0.3) is 0 Å². The van der Waals surface area contributed by atoms with Crippen LogP contribution in [-0.4, -0.2) is 57.5 Å². The van der Waals surface area contributed by atoms with Gasteiger partial charge in [0.1, 0.15) is 24.5 Å². The highest BCUT2D eigenvalue weighted by atomic mass is 32.2. The average molecular weight is 629 g/mol. The van der Waals surface area contributed by atoms with Crippen LogP contribution in [0.5, 0.6) is 5.75 Å². The lowest BCUT2D eigenvalue weighted by Crippen LogP contribution is -2.31. The SMILES string of the molecule is COc1ccc(-n2cnc(-c3ccc(NC(=O)/N=C4\SCC(=O)N4c4cc(C)ccc4COCC(F)(F)F)c(F)c3)n2)cc1. The number of nitrogens with one attached hydrogen (secondary N) is 1. The van der Waals surface area contributed by atoms with Gasteiger partial charge in [0.05, 0.1) is 36.5 Å². The molecule has 0 unspecified atom stereocenters. The van der Waals surface area contributed by atoms with E-state index in [9.17, 15) is 22.8 Å². The molecule has 15 heteroatoms. The summed E-state index contributed by atoms with van der Waals surface area (Å²) in [5.74, 6) is -0.322. The number of rotatable bonds is 8. The molecule has 1 aromatic heterocycles. The van der Waals surface area contributed by atoms with E-state index in [1.807, 2.05) is 0 Å². The number of aliphatic imine (C=N–C) groups is 1. The largest absolute Gasteiger partial charge is 0.497 e. The molecular formula is C29H24F4N6O4S. The standard InChI is InChI=1S/C29H24F4N6O4S/c1-17-3-4-19(13-43-15-29(31,32)33)24(11-17)39-25(40)14-44-28(39)36-27(41)35-23-10-5-18(12-22(23)30)26-34-16-38(37-26)20-6-8-21(42-2)9-7-20/h3-12,16H,13-15H2,1-2H3,(H,35,41)/b36-28-. The highest BCUT2D eigenvalue weighted by Crippen LogP contribution is 2.32. The summed E-state index contributed by atoms with van der Waals surface area (Å²) in [7, 11) is 1.56. The van der Waals surface area contributed by atoms with Crippen molar-refractivity contribution in [1.29, 1.82) is 0 Å². The number of ether oxygens (including phenoxy) is 2. The summed E-state index contributed by atoms with van der Waals surface area (Å²) < 4.78 is 64.3. The summed E-state index contributed by atoms with van der Waals surface area (Å²) in [5.41, 5.74) is 2.17. The fraction of sp³-hybridized carbons (Fsp3) is 0.207. The van der Waals surface area contributed by atoms with E-state index in [4.69, 9.17) is 9.47 Å². The van der Waals surface area contributed by atoms with Crippen LogP contribution >= 0.6 is 11.8 Å². The first-order chi connectivity index (χ1) is 21.0. The first-order valence-corrected chi connectivity index (χ1v) is 13.9. The molecule has 1 saturated heterocycles. The van der Waals surface area contributed by atoms with Crippen LogP contribution in [0, 0.1) is 12.7 Å². The van der Waals surface area contributed by atoms with E-state index >= 15 is 4.39 Å². The Labute approximate surface area is 252 Å². The molecular weight excluding hydrogens is 604 g/mol. The second-order valence-corrected chi connectivity index (χ2v) is 10.4. The van der Waals surface area contributed by atoms with Crippen LogP contribution in [0.25, 0.3) is 17.1 Å². The lowest BCUT2D eigenvalue weighted by molar-refractivity contribution is -0.176. The van der Waals surface area contributed by atoms with Crippen molar-refractivity contribution in [2.75, 3.05) is 29.7 Å². The lowest BCUT2D eigenvalue weighted by atomic mass is 10.1. The Morgan fingerprint density at radius 2 is 1.89 bits per heavy atom. The Hall–Kier alpha value is -4.76. The van der Waals surface area contributed by atoms with Crippen molar-refractivity contribution in [2.45, 2.75) is 19.7 Å². The number of aryl methyl sites for hydroxylation is 1. The lowest BCUT2D eigenvalue weighted by Gasteiger charge is -2.21. The minimum atomic E-state index is -4.52. The molecule has 1 N–H and O–H groups in total. The van der Waals surface area contributed by atoms with Crippen LogP contribution in [-0.2, 0) is 16.1 Å². The highest BCUT2D eigenvalue weighted by Gasteiger charge is 2.33. The van der Waals surface area contributed by atoms with Crippen molar-refractivity contribution < 1.29 is 36.6 Å². The molecule has 44 heavy (non-hydrogen) atoms. The minimum absolute atomic E-state index is 0.0135. The number of hydrogen-bond acceptors (Lipinski definition) is 7. The summed E-state index contributed by atoms with van der Waals surface area (Å²) >= 11 is 0.967. The molecule has 3 amide bonds. The number of methoxy groups -OCH3 is 1. The van der Waals surface area contributed by atoms with Crippen LogP contribution < -0.4 is 15.0 Å². The normalized spacial score (nSPS) is 14.4. The smallest absolute Gasteiger partial charge is 0.411 e. The monoisotopic (exact) mass is 628 g/mol. The van der Waals surface area contributed by atoms with E-state index in [1.54, 1.807) is 56.5 Å². The molecule has 0 spiro atoms. The van der Waals surface area contributed by atoms with Crippen molar-refractivity contribution in [3.63, 3.8) is 0 Å². The third-order valence-electron chi connectivity index (χ3n) is 6.27. The van der Waals surface area contributed by atoms with Crippen molar-refractivity contribution in [1.82, 2.24) is 14.8 Å². The summed E-state index contributed by atoms with van der Waals surface area (Å²) in [6, 6.07) is 15.0. The molecule has 228 valence electrons. The van der Waals surface area contributed by atoms with Crippen LogP contribution in [0.1, 0.15) is 11.1 Å². The Morgan fingerprint density at radius 1 is 1.11 bits per heavy atom. The van der Waals surface area contributed by atoms with Gasteiger partial charge in [0.2, 0.25) is 5.91 Å². The predicted molar refractivity (Wildman–Crippen MR) is 157 cm³/mol. The molecule has 0 radical (unpaired) electrons. The molecule has 0 bridgehead atoms. The summed E-state index contributed by atoms with van der Waals surface area (Å²) in [5, 5.41) is 6.73. The van der Waals surface area contributed by atoms with Crippen LogP contribution in [0.2, 0.25) is 0 Å². The summed E-state index contributed by atoms with van der Waals surface area (Å²) in [6.45, 7) is -0.141. The number of alkyl halides is 3. The molecule has 1 fully saturated rings. The van der Waals surface area contributed by atoms with Crippen molar-refractivity contribution in [3.8, 4) is 22.8 Å². The zero-order valence-electron chi connectivity index (χ0n) is 23.3. The molecule has 1 aliphatic heterocycles. The van der Waals surface area contributed by atoms with Gasteiger partial charge in [-0.25, -0.2) is 18.9 Å². The van der Waals surface area contributed by atoms with E-state index in [0.29, 0.717) is 16.9 Å². The van der Waals surface area contributed by atoms with Crippen LogP contribution in [0.3, 0.4) is 0 Å². The number of carbonyl (C=O) groups excluding carboxylic acids is 2. The highest BCUT2D eigenvalue weighted by molar-refractivity contribution is 8.15. The second-order valence-electron chi connectivity index (χ2n) is 9.49. The maximum atomic E-state index is 15.0. The number of amidine groups is 1. The fourth-order valence-electron chi connectivity index (χ4n) is 4.20. The van der Waals surface area contributed by atoms with Gasteiger partial charge in [-0.3, -0.25) is 9.69 Å². The van der Waals surface area contributed by atoms with E-state index < -0.39 is 37.1 Å². The Balaban J connectivity index is 1.31. The van der Waals surface area contributed by atoms with Gasteiger partial charge >= 0.3 is 12.2 Å². The third-order valence-corrected chi connectivity index (χ3v) is 7.19. The van der Waals surface area contributed by atoms with Crippen molar-refractivity contribution in [3.05, 3.63) is 83.9 Å². The Kier molecular flexibility index (Phi) is 8.96. The Bertz CT molecular complexity index is 1730. The number of anilines is 2. The number of nitrogens with zero attached hydrogens (tertiary/aromatic N) is 5. The summed E-state index contributed by atoms with van der Waals surface area (Å²) in [6.07, 6.45) is -3.03. The quantitative estimate of drug-likeness (QED) is 0.234. The van der Waals surface area contributed by atoms with E-state index in [2.05, 4.69) is 20.4 Å². The fourth-order valence-corrected chi connectivity index (χ4v) is 5.06. The molecule has 3 aromatic carbocycles. The molecule has 2 heterocycles. The minimum Gasteiger partial charge on any atom is -0.497 e. The first kappa shape index (κ1) is 30.7. The number of thioether (sulfide) groups is 1. The van der Waals surface area contributed by atoms with Gasteiger partial charge in [-0.2, -0.15) is 18.2 Å². The topological polar surface area (TPSA) is 111 Å². The molecule has 1 aliphatic rings. The number of aromatic nitrogens is 3. The average Bonchev–Trinajstić information content (AvgIpc) is 3.61. The van der Waals surface area contributed by atoms with Gasteiger partial charge in [-0.15, -0.1) is 5.10 Å². The third kappa shape index (κ3) is 7.23. The first-order valence-electron chi connectivity index (χ1n) is 13.0. The molecule has 5 rings (SSSR count). The van der Waals surface area contributed by atoms with Gasteiger partial charge in [-0.05, 0) is 61.0 Å². The van der Waals surface area contributed by atoms with E-state index in [0.717, 1.165) is 34.0 Å². The van der Waals surface area contributed by atoms with Gasteiger partial charge < -0.3 is 14.8 Å². The summed E-state index contributed by atoms with van der Waals surface area (Å²) in [4.78, 5) is 34.9. The number of halogens is 4. The number of hydrogen-bond donors (Lipinski definition) is 1. The zero-order chi connectivity index (χ0) is 31.4. The number of carbonyl (C=O) groups is 2. The van der Waals surface area contributed by atoms with Crippen LogP contribution in [0.15, 0.2) is 72.0 Å². The molecule has 0 atom stereocenters. The van der Waals surface area contributed by atoms with E-state index in [1.165, 1.54) is 23.1 Å². The predicted octanol–water partition coefficient (Wildman–Crippen LogP) is 6.14. The van der Waals surface area contributed by atoms with Gasteiger partial charge in [0.15, 0.2) is 11.0 Å². The number of amides is 3. The molecule has 0 saturated carbocycles. The molecule has 4 aromatic rings. The molecule has 0 aliphatic carbocycles. The zero-order valence-corrected chi connectivity index (χ0v) is 24.1. The maximum Gasteiger partial charge on any atom is 0.411 e. The number of benzene rings is 3. The number of urea groups is 1. The van der Waals surface area contributed by atoms with Crippen molar-refractivity contribution in [2.24, 2.45) is 4.99 Å². The van der Waals surface area contributed by atoms with Gasteiger partial charge in [-0.1, -0.05) is 23.9 Å². The van der Waals surface area contributed by atoms with E-state index in [-0.39, 0.29) is 28.1 Å². The van der Waals surface area contributed by atoms with Crippen LogP contribution in [0.4, 0.5) is 33.7 Å². The Morgan fingerprint density at radius 3 is 2.59 bits per heavy atom. The molecule has 10 nitrogen and oxygen atoms in total. The maximum absolute atomic E-state index is 15.0.